The summed E-state index contributed by atoms with van der Waals surface area (Å²) < 4.78 is 0. The predicted octanol–water partition coefficient (Wildman–Crippen LogP) is 2.85. The fourth-order valence-electron chi connectivity index (χ4n) is 1.95. The number of carboxylic acids is 1. The maximum absolute atomic E-state index is 12.3. The Kier molecular flexibility index (Phi) is 3.76. The lowest BCUT2D eigenvalue weighted by molar-refractivity contribution is -0.136. The second-order valence-corrected chi connectivity index (χ2v) is 4.47. The molecule has 0 atom stereocenters. The molecule has 96 valence electrons. The van der Waals surface area contributed by atoms with Crippen molar-refractivity contribution in [3.05, 3.63) is 70.8 Å². The first-order chi connectivity index (χ1) is 9.06. The molecule has 0 aliphatic rings. The second-order valence-electron chi connectivity index (χ2n) is 4.47. The van der Waals surface area contributed by atoms with Gasteiger partial charge in [0.15, 0.2) is 5.78 Å². The van der Waals surface area contributed by atoms with E-state index in [2.05, 4.69) is 0 Å². The van der Waals surface area contributed by atoms with Gasteiger partial charge < -0.3 is 5.11 Å². The van der Waals surface area contributed by atoms with E-state index in [1.807, 2.05) is 25.1 Å². The molecule has 0 bridgehead atoms. The summed E-state index contributed by atoms with van der Waals surface area (Å²) in [7, 11) is 0. The van der Waals surface area contributed by atoms with Crippen LogP contribution >= 0.6 is 0 Å². The molecular weight excluding hydrogens is 240 g/mol. The summed E-state index contributed by atoms with van der Waals surface area (Å²) in [6.07, 6.45) is -0.0745. The Morgan fingerprint density at radius 2 is 1.63 bits per heavy atom. The maximum Gasteiger partial charge on any atom is 0.307 e. The van der Waals surface area contributed by atoms with Crippen molar-refractivity contribution in [3.63, 3.8) is 0 Å². The Hall–Kier alpha value is -2.42. The summed E-state index contributed by atoms with van der Waals surface area (Å²) in [6, 6.07) is 14.1. The van der Waals surface area contributed by atoms with E-state index in [1.165, 1.54) is 0 Å². The quantitative estimate of drug-likeness (QED) is 0.853. The second kappa shape index (κ2) is 5.48. The average molecular weight is 254 g/mol. The minimum atomic E-state index is -0.903. The zero-order valence-corrected chi connectivity index (χ0v) is 10.6. The molecule has 0 spiro atoms. The smallest absolute Gasteiger partial charge is 0.307 e. The van der Waals surface area contributed by atoms with Crippen molar-refractivity contribution < 1.29 is 14.7 Å². The number of hydrogen-bond acceptors (Lipinski definition) is 2. The lowest BCUT2D eigenvalue weighted by atomic mass is 9.99. The van der Waals surface area contributed by atoms with Crippen molar-refractivity contribution in [2.24, 2.45) is 0 Å². The molecule has 0 heterocycles. The highest BCUT2D eigenvalue weighted by molar-refractivity contribution is 6.09. The lowest BCUT2D eigenvalue weighted by Crippen LogP contribution is -2.04. The van der Waals surface area contributed by atoms with Crippen LogP contribution < -0.4 is 0 Å². The standard InChI is InChI=1S/C16H14O3/c1-11-4-2-6-13(8-11)16(19)14-7-3-5-12(9-14)10-15(17)18/h2-9H,10H2,1H3,(H,17,18). The van der Waals surface area contributed by atoms with Gasteiger partial charge in [0, 0.05) is 11.1 Å². The summed E-state index contributed by atoms with van der Waals surface area (Å²) in [5.41, 5.74) is 2.79. The number of ketones is 1. The van der Waals surface area contributed by atoms with Crippen LogP contribution in [0.1, 0.15) is 27.0 Å². The van der Waals surface area contributed by atoms with Crippen molar-refractivity contribution in [2.75, 3.05) is 0 Å². The van der Waals surface area contributed by atoms with Gasteiger partial charge in [0.05, 0.1) is 6.42 Å². The molecule has 0 saturated heterocycles. The molecule has 3 nitrogen and oxygen atoms in total. The minimum absolute atomic E-state index is 0.0745. The van der Waals surface area contributed by atoms with Crippen LogP contribution in [0.15, 0.2) is 48.5 Å². The van der Waals surface area contributed by atoms with Gasteiger partial charge in [-0.25, -0.2) is 0 Å². The molecule has 0 aromatic heterocycles. The van der Waals surface area contributed by atoms with Gasteiger partial charge >= 0.3 is 5.97 Å². The van der Waals surface area contributed by atoms with Gasteiger partial charge in [-0.3, -0.25) is 9.59 Å². The number of aliphatic carboxylic acids is 1. The molecule has 3 heteroatoms. The third kappa shape index (κ3) is 3.28. The minimum Gasteiger partial charge on any atom is -0.481 e. The molecular formula is C16H14O3. The Morgan fingerprint density at radius 3 is 2.26 bits per heavy atom. The van der Waals surface area contributed by atoms with Crippen LogP contribution in [0.4, 0.5) is 0 Å². The van der Waals surface area contributed by atoms with Crippen LogP contribution in [0, 0.1) is 6.92 Å². The van der Waals surface area contributed by atoms with E-state index in [9.17, 15) is 9.59 Å². The van der Waals surface area contributed by atoms with Crippen LogP contribution in [-0.4, -0.2) is 16.9 Å². The van der Waals surface area contributed by atoms with Crippen LogP contribution in [0.3, 0.4) is 0 Å². The first-order valence-electron chi connectivity index (χ1n) is 5.98. The molecule has 2 aromatic rings. The molecule has 0 aliphatic heterocycles. The Morgan fingerprint density at radius 1 is 1.00 bits per heavy atom. The van der Waals surface area contributed by atoms with Crippen molar-refractivity contribution in [3.8, 4) is 0 Å². The first kappa shape index (κ1) is 13.0. The third-order valence-corrected chi connectivity index (χ3v) is 2.82. The van der Waals surface area contributed by atoms with Gasteiger partial charge in [-0.2, -0.15) is 0 Å². The number of carboxylic acid groups (broad SMARTS) is 1. The van der Waals surface area contributed by atoms with E-state index < -0.39 is 5.97 Å². The monoisotopic (exact) mass is 254 g/mol. The Labute approximate surface area is 111 Å². The highest BCUT2D eigenvalue weighted by Crippen LogP contribution is 2.13. The molecule has 0 saturated carbocycles. The molecule has 0 aliphatic carbocycles. The Bertz CT molecular complexity index is 629. The van der Waals surface area contributed by atoms with Crippen LogP contribution in [0.2, 0.25) is 0 Å². The summed E-state index contributed by atoms with van der Waals surface area (Å²) in [4.78, 5) is 23.0. The largest absolute Gasteiger partial charge is 0.481 e. The normalized spacial score (nSPS) is 10.2. The Balaban J connectivity index is 2.31. The molecule has 2 rings (SSSR count). The number of aryl methyl sites for hydroxylation is 1. The predicted molar refractivity (Wildman–Crippen MR) is 72.4 cm³/mol. The van der Waals surface area contributed by atoms with Gasteiger partial charge in [0.2, 0.25) is 0 Å². The van der Waals surface area contributed by atoms with E-state index in [1.54, 1.807) is 30.3 Å². The van der Waals surface area contributed by atoms with Crippen LogP contribution in [0.25, 0.3) is 0 Å². The summed E-state index contributed by atoms with van der Waals surface area (Å²) in [5.74, 6) is -0.990. The van der Waals surface area contributed by atoms with E-state index in [0.29, 0.717) is 16.7 Å². The molecule has 2 aromatic carbocycles. The third-order valence-electron chi connectivity index (χ3n) is 2.82. The van der Waals surface area contributed by atoms with E-state index in [4.69, 9.17) is 5.11 Å². The molecule has 0 fully saturated rings. The fraction of sp³-hybridized carbons (Fsp3) is 0.125. The maximum atomic E-state index is 12.3. The highest BCUT2D eigenvalue weighted by atomic mass is 16.4. The number of hydrogen-bond donors (Lipinski definition) is 1. The SMILES string of the molecule is Cc1cccc(C(=O)c2cccc(CC(=O)O)c2)c1. The summed E-state index contributed by atoms with van der Waals surface area (Å²) in [6.45, 7) is 1.93. The van der Waals surface area contributed by atoms with Gasteiger partial charge in [-0.1, -0.05) is 42.0 Å². The van der Waals surface area contributed by atoms with E-state index >= 15 is 0 Å². The molecule has 1 N–H and O–H groups in total. The summed E-state index contributed by atoms with van der Waals surface area (Å²) in [5, 5.41) is 8.76. The topological polar surface area (TPSA) is 54.4 Å². The molecule has 0 unspecified atom stereocenters. The highest BCUT2D eigenvalue weighted by Gasteiger charge is 2.10. The zero-order chi connectivity index (χ0) is 13.8. The van der Waals surface area contributed by atoms with Crippen molar-refractivity contribution >= 4 is 11.8 Å². The number of rotatable bonds is 4. The van der Waals surface area contributed by atoms with E-state index in [-0.39, 0.29) is 12.2 Å². The number of carbonyl (C=O) groups excluding carboxylic acids is 1. The van der Waals surface area contributed by atoms with Gasteiger partial charge in [-0.15, -0.1) is 0 Å². The van der Waals surface area contributed by atoms with Crippen LogP contribution in [0.5, 0.6) is 0 Å². The van der Waals surface area contributed by atoms with Gasteiger partial charge in [0.25, 0.3) is 0 Å². The molecule has 0 amide bonds. The van der Waals surface area contributed by atoms with Crippen molar-refractivity contribution in [1.82, 2.24) is 0 Å². The van der Waals surface area contributed by atoms with Crippen molar-refractivity contribution in [2.45, 2.75) is 13.3 Å². The first-order valence-corrected chi connectivity index (χ1v) is 5.98. The average Bonchev–Trinajstić information content (AvgIpc) is 2.37. The molecule has 0 radical (unpaired) electrons. The van der Waals surface area contributed by atoms with E-state index in [0.717, 1.165) is 5.56 Å². The van der Waals surface area contributed by atoms with Crippen LogP contribution in [-0.2, 0) is 11.2 Å². The molecule has 19 heavy (non-hydrogen) atoms. The zero-order valence-electron chi connectivity index (χ0n) is 10.6. The van der Waals surface area contributed by atoms with Crippen molar-refractivity contribution in [1.29, 1.82) is 0 Å². The van der Waals surface area contributed by atoms with Gasteiger partial charge in [0.1, 0.15) is 0 Å². The number of benzene rings is 2. The fourth-order valence-corrected chi connectivity index (χ4v) is 1.95. The number of carbonyl (C=O) groups is 2. The summed E-state index contributed by atoms with van der Waals surface area (Å²) >= 11 is 0. The lowest BCUT2D eigenvalue weighted by Gasteiger charge is -2.04. The van der Waals surface area contributed by atoms with Gasteiger partial charge in [-0.05, 0) is 24.6 Å².